The number of hydrogen-bond donors (Lipinski definition) is 1. The zero-order valence-electron chi connectivity index (χ0n) is 10.2. The highest BCUT2D eigenvalue weighted by atomic mass is 15.0. The molecule has 0 saturated carbocycles. The fraction of sp³-hybridized carbons (Fsp3) is 0.143. The number of imidazole rings is 1. The van der Waals surface area contributed by atoms with Crippen molar-refractivity contribution in [2.45, 2.75) is 6.54 Å². The number of nitrogens with zero attached hydrogens (tertiary/aromatic N) is 3. The van der Waals surface area contributed by atoms with Crippen LogP contribution in [0.25, 0.3) is 16.7 Å². The van der Waals surface area contributed by atoms with Crippen molar-refractivity contribution in [1.82, 2.24) is 19.9 Å². The van der Waals surface area contributed by atoms with Crippen molar-refractivity contribution < 1.29 is 0 Å². The first-order chi connectivity index (χ1) is 8.88. The Balaban J connectivity index is 2.11. The molecule has 3 rings (SSSR count). The normalized spacial score (nSPS) is 10.9. The Kier molecular flexibility index (Phi) is 2.78. The van der Waals surface area contributed by atoms with Crippen molar-refractivity contribution in [3.05, 3.63) is 54.6 Å². The summed E-state index contributed by atoms with van der Waals surface area (Å²) in [6, 6.07) is 12.2. The third kappa shape index (κ3) is 1.87. The maximum atomic E-state index is 4.40. The molecular weight excluding hydrogens is 224 g/mol. The molecule has 4 nitrogen and oxygen atoms in total. The monoisotopic (exact) mass is 238 g/mol. The fourth-order valence-corrected chi connectivity index (χ4v) is 2.06. The van der Waals surface area contributed by atoms with E-state index in [1.54, 1.807) is 0 Å². The van der Waals surface area contributed by atoms with Gasteiger partial charge in [-0.15, -0.1) is 0 Å². The Morgan fingerprint density at radius 2 is 2.06 bits per heavy atom. The molecule has 0 unspecified atom stereocenters. The van der Waals surface area contributed by atoms with E-state index in [0.29, 0.717) is 0 Å². The lowest BCUT2D eigenvalue weighted by Crippen LogP contribution is -2.07. The van der Waals surface area contributed by atoms with E-state index >= 15 is 0 Å². The molecule has 1 aromatic carbocycles. The Morgan fingerprint density at radius 3 is 2.94 bits per heavy atom. The molecule has 1 N–H and O–H groups in total. The number of benzene rings is 1. The van der Waals surface area contributed by atoms with Gasteiger partial charge in [0, 0.05) is 12.7 Å². The Hall–Kier alpha value is -2.20. The summed E-state index contributed by atoms with van der Waals surface area (Å²) in [4.78, 5) is 8.72. The number of pyridine rings is 1. The summed E-state index contributed by atoms with van der Waals surface area (Å²) in [5.74, 6) is 0. The van der Waals surface area contributed by atoms with Gasteiger partial charge in [-0.25, -0.2) is 4.98 Å². The van der Waals surface area contributed by atoms with Crippen molar-refractivity contribution in [2.75, 3.05) is 7.05 Å². The average molecular weight is 238 g/mol. The van der Waals surface area contributed by atoms with Gasteiger partial charge in [0.2, 0.25) is 0 Å². The first-order valence-electron chi connectivity index (χ1n) is 5.90. The summed E-state index contributed by atoms with van der Waals surface area (Å²) in [5.41, 5.74) is 4.22. The smallest absolute Gasteiger partial charge is 0.100 e. The summed E-state index contributed by atoms with van der Waals surface area (Å²) in [6.45, 7) is 0.764. The van der Waals surface area contributed by atoms with E-state index in [2.05, 4.69) is 32.0 Å². The maximum absolute atomic E-state index is 4.40. The predicted molar refractivity (Wildman–Crippen MR) is 71.6 cm³/mol. The minimum Gasteiger partial charge on any atom is -0.314 e. The van der Waals surface area contributed by atoms with Crippen LogP contribution in [0, 0.1) is 0 Å². The zero-order chi connectivity index (χ0) is 12.4. The summed E-state index contributed by atoms with van der Waals surface area (Å²) in [5, 5.41) is 3.11. The lowest BCUT2D eigenvalue weighted by atomic mass is 10.3. The number of nitrogens with one attached hydrogen (secondary N) is 1. The lowest BCUT2D eigenvalue weighted by Gasteiger charge is -2.06. The molecule has 4 heteroatoms. The molecule has 0 aliphatic heterocycles. The van der Waals surface area contributed by atoms with E-state index in [0.717, 1.165) is 29.0 Å². The van der Waals surface area contributed by atoms with Crippen LogP contribution in [-0.4, -0.2) is 21.6 Å². The molecule has 18 heavy (non-hydrogen) atoms. The first-order valence-corrected chi connectivity index (χ1v) is 5.90. The van der Waals surface area contributed by atoms with E-state index in [1.165, 1.54) is 0 Å². The van der Waals surface area contributed by atoms with Crippen LogP contribution in [0.2, 0.25) is 0 Å². The molecule has 0 atom stereocenters. The van der Waals surface area contributed by atoms with Gasteiger partial charge in [0.25, 0.3) is 0 Å². The highest BCUT2D eigenvalue weighted by Crippen LogP contribution is 2.17. The van der Waals surface area contributed by atoms with Gasteiger partial charge in [-0.05, 0) is 31.3 Å². The summed E-state index contributed by atoms with van der Waals surface area (Å²) < 4.78 is 2.08. The topological polar surface area (TPSA) is 42.7 Å². The standard InChI is InChI=1S/C14H14N4/c1-15-9-11-8-12(6-7-16-11)18-10-17-13-4-2-3-5-14(13)18/h2-8,10,15H,9H2,1H3. The van der Waals surface area contributed by atoms with Gasteiger partial charge in [-0.2, -0.15) is 0 Å². The highest BCUT2D eigenvalue weighted by molar-refractivity contribution is 5.77. The predicted octanol–water partition coefficient (Wildman–Crippen LogP) is 2.14. The second-order valence-corrected chi connectivity index (χ2v) is 4.14. The second kappa shape index (κ2) is 4.58. The summed E-state index contributed by atoms with van der Waals surface area (Å²) in [6.07, 6.45) is 3.68. The van der Waals surface area contributed by atoms with Crippen LogP contribution in [0.1, 0.15) is 5.69 Å². The first kappa shape index (κ1) is 10.9. The highest BCUT2D eigenvalue weighted by Gasteiger charge is 2.04. The SMILES string of the molecule is CNCc1cc(-n2cnc3ccccc32)ccn1. The van der Waals surface area contributed by atoms with E-state index in [1.807, 2.05) is 43.8 Å². The summed E-state index contributed by atoms with van der Waals surface area (Å²) in [7, 11) is 1.92. The van der Waals surface area contributed by atoms with E-state index in [4.69, 9.17) is 0 Å². The van der Waals surface area contributed by atoms with Gasteiger partial charge >= 0.3 is 0 Å². The van der Waals surface area contributed by atoms with Crippen LogP contribution in [0.4, 0.5) is 0 Å². The van der Waals surface area contributed by atoms with Crippen LogP contribution in [-0.2, 0) is 6.54 Å². The van der Waals surface area contributed by atoms with Crippen molar-refractivity contribution in [2.24, 2.45) is 0 Å². The molecule has 2 aromatic heterocycles. The number of rotatable bonds is 3. The number of para-hydroxylation sites is 2. The van der Waals surface area contributed by atoms with Gasteiger partial charge in [0.15, 0.2) is 0 Å². The van der Waals surface area contributed by atoms with Crippen LogP contribution in [0.5, 0.6) is 0 Å². The molecule has 0 radical (unpaired) electrons. The molecule has 2 heterocycles. The maximum Gasteiger partial charge on any atom is 0.100 e. The molecule has 0 fully saturated rings. The molecule has 0 amide bonds. The fourth-order valence-electron chi connectivity index (χ4n) is 2.06. The third-order valence-electron chi connectivity index (χ3n) is 2.89. The van der Waals surface area contributed by atoms with E-state index in [9.17, 15) is 0 Å². The van der Waals surface area contributed by atoms with Crippen LogP contribution < -0.4 is 5.32 Å². The summed E-state index contributed by atoms with van der Waals surface area (Å²) >= 11 is 0. The van der Waals surface area contributed by atoms with E-state index < -0.39 is 0 Å². The molecule has 0 saturated heterocycles. The van der Waals surface area contributed by atoms with Gasteiger partial charge in [0.1, 0.15) is 6.33 Å². The minimum absolute atomic E-state index is 0.764. The molecule has 0 aliphatic carbocycles. The Bertz CT molecular complexity index is 672. The number of hydrogen-bond acceptors (Lipinski definition) is 3. The van der Waals surface area contributed by atoms with Crippen molar-refractivity contribution in [1.29, 1.82) is 0 Å². The van der Waals surface area contributed by atoms with Crippen molar-refractivity contribution in [3.8, 4) is 5.69 Å². The second-order valence-electron chi connectivity index (χ2n) is 4.14. The molecule has 3 aromatic rings. The molecule has 0 aliphatic rings. The van der Waals surface area contributed by atoms with Gasteiger partial charge in [-0.3, -0.25) is 9.55 Å². The van der Waals surface area contributed by atoms with Gasteiger partial charge < -0.3 is 5.32 Å². The van der Waals surface area contributed by atoms with Crippen LogP contribution >= 0.6 is 0 Å². The number of aromatic nitrogens is 3. The average Bonchev–Trinajstić information content (AvgIpc) is 2.83. The zero-order valence-corrected chi connectivity index (χ0v) is 10.2. The van der Waals surface area contributed by atoms with Gasteiger partial charge in [0.05, 0.1) is 22.4 Å². The Morgan fingerprint density at radius 1 is 1.17 bits per heavy atom. The molecule has 90 valence electrons. The molecular formula is C14H14N4. The van der Waals surface area contributed by atoms with Crippen LogP contribution in [0.3, 0.4) is 0 Å². The number of fused-ring (bicyclic) bond motifs is 1. The quantitative estimate of drug-likeness (QED) is 0.760. The van der Waals surface area contributed by atoms with Gasteiger partial charge in [-0.1, -0.05) is 12.1 Å². The largest absolute Gasteiger partial charge is 0.314 e. The molecule has 0 bridgehead atoms. The van der Waals surface area contributed by atoms with Crippen molar-refractivity contribution in [3.63, 3.8) is 0 Å². The minimum atomic E-state index is 0.764. The van der Waals surface area contributed by atoms with Crippen LogP contribution in [0.15, 0.2) is 48.9 Å². The Labute approximate surface area is 105 Å². The third-order valence-corrected chi connectivity index (χ3v) is 2.89. The van der Waals surface area contributed by atoms with Crippen molar-refractivity contribution >= 4 is 11.0 Å². The molecule has 0 spiro atoms. The lowest BCUT2D eigenvalue weighted by molar-refractivity contribution is 0.789. The van der Waals surface area contributed by atoms with E-state index in [-0.39, 0.29) is 0 Å².